The summed E-state index contributed by atoms with van der Waals surface area (Å²) < 4.78 is 57.8. The van der Waals surface area contributed by atoms with E-state index in [4.69, 9.17) is 16.1 Å². The van der Waals surface area contributed by atoms with Gasteiger partial charge in [-0.15, -0.1) is 0 Å². The summed E-state index contributed by atoms with van der Waals surface area (Å²) in [5, 5.41) is 4.79. The van der Waals surface area contributed by atoms with Crippen LogP contribution in [-0.2, 0) is 6.18 Å². The molecule has 0 radical (unpaired) electrons. The molecule has 4 aromatic rings. The van der Waals surface area contributed by atoms with E-state index in [9.17, 15) is 17.6 Å². The number of anilines is 1. The van der Waals surface area contributed by atoms with Gasteiger partial charge in [0.1, 0.15) is 17.2 Å². The third-order valence-electron chi connectivity index (χ3n) is 4.53. The molecular weight excluding hydrogens is 442 g/mol. The Morgan fingerprint density at radius 2 is 1.73 bits per heavy atom. The summed E-state index contributed by atoms with van der Waals surface area (Å²) in [6, 6.07) is 10.9. The van der Waals surface area contributed by atoms with Gasteiger partial charge in [-0.05, 0) is 36.4 Å². The predicted octanol–water partition coefficient (Wildman–Crippen LogP) is 3.85. The fraction of sp³-hybridized carbons (Fsp3) is 0.0476. The third kappa shape index (κ3) is 4.50. The van der Waals surface area contributed by atoms with Gasteiger partial charge in [-0.3, -0.25) is 15.0 Å². The topological polar surface area (TPSA) is 120 Å². The number of hydrogen-bond donors (Lipinski definition) is 2. The molecule has 0 bridgehead atoms. The molecule has 0 aliphatic heterocycles. The Hall–Kier alpha value is -4.32. The molecule has 168 valence electrons. The summed E-state index contributed by atoms with van der Waals surface area (Å²) in [5.41, 5.74) is 5.96. The zero-order chi connectivity index (χ0) is 23.6. The summed E-state index contributed by atoms with van der Waals surface area (Å²) in [7, 11) is 0. The quantitative estimate of drug-likeness (QED) is 0.263. The van der Waals surface area contributed by atoms with Gasteiger partial charge >= 0.3 is 6.18 Å². The highest BCUT2D eigenvalue weighted by Gasteiger charge is 2.32. The molecule has 12 heteroatoms. The second-order valence-corrected chi connectivity index (χ2v) is 6.67. The monoisotopic (exact) mass is 457 g/mol. The van der Waals surface area contributed by atoms with Gasteiger partial charge in [0.2, 0.25) is 5.82 Å². The Bertz CT molecular complexity index is 1290. The molecule has 0 saturated heterocycles. The van der Waals surface area contributed by atoms with Crippen molar-refractivity contribution in [2.75, 3.05) is 5.01 Å². The molecule has 0 unspecified atom stereocenters. The van der Waals surface area contributed by atoms with Crippen LogP contribution in [-0.4, -0.2) is 20.1 Å². The lowest BCUT2D eigenvalue weighted by molar-refractivity contribution is -0.141. The van der Waals surface area contributed by atoms with Crippen molar-refractivity contribution in [2.24, 2.45) is 11.6 Å². The number of nitrogens with zero attached hydrogens (tertiary/aromatic N) is 5. The van der Waals surface area contributed by atoms with Gasteiger partial charge in [0.05, 0.1) is 11.4 Å². The van der Waals surface area contributed by atoms with Crippen LogP contribution in [0.3, 0.4) is 0 Å². The van der Waals surface area contributed by atoms with Crippen LogP contribution < -0.4 is 16.6 Å². The average molecular weight is 457 g/mol. The van der Waals surface area contributed by atoms with Crippen molar-refractivity contribution in [3.05, 3.63) is 90.1 Å². The van der Waals surface area contributed by atoms with Crippen molar-refractivity contribution in [1.29, 1.82) is 0 Å². The van der Waals surface area contributed by atoms with Crippen LogP contribution in [0.2, 0.25) is 0 Å². The summed E-state index contributed by atoms with van der Waals surface area (Å²) >= 11 is 0. The highest BCUT2D eigenvalue weighted by atomic mass is 19.4. The maximum atomic E-state index is 14.4. The lowest BCUT2D eigenvalue weighted by Crippen LogP contribution is -2.32. The Kier molecular flexibility index (Phi) is 5.75. The molecule has 4 rings (SSSR count). The van der Waals surface area contributed by atoms with Crippen LogP contribution in [0, 0.1) is 5.82 Å². The zero-order valence-corrected chi connectivity index (χ0v) is 16.7. The average Bonchev–Trinajstić information content (AvgIpc) is 3.30. The highest BCUT2D eigenvalue weighted by Crippen LogP contribution is 2.31. The number of para-hydroxylation sites is 1. The van der Waals surface area contributed by atoms with Crippen molar-refractivity contribution >= 4 is 17.1 Å². The summed E-state index contributed by atoms with van der Waals surface area (Å²) in [5.74, 6) is 5.40. The van der Waals surface area contributed by atoms with E-state index >= 15 is 0 Å². The van der Waals surface area contributed by atoms with Gasteiger partial charge in [0.25, 0.3) is 5.89 Å². The molecule has 0 aliphatic rings. The Morgan fingerprint density at radius 1 is 1.00 bits per heavy atom. The van der Waals surface area contributed by atoms with E-state index in [0.29, 0.717) is 5.56 Å². The third-order valence-corrected chi connectivity index (χ3v) is 4.53. The van der Waals surface area contributed by atoms with Crippen LogP contribution in [0.5, 0.6) is 0 Å². The van der Waals surface area contributed by atoms with Gasteiger partial charge in [-0.2, -0.15) is 18.2 Å². The van der Waals surface area contributed by atoms with Gasteiger partial charge in [0.15, 0.2) is 0 Å². The second kappa shape index (κ2) is 8.67. The number of rotatable bonds is 5. The van der Waals surface area contributed by atoms with E-state index in [1.54, 1.807) is 18.2 Å². The van der Waals surface area contributed by atoms with Gasteiger partial charge in [0, 0.05) is 29.7 Å². The SMILES string of the molecule is N/C(=C(/c1ccncc1)N(N)c1ccccc1F)c1nc(-c2ccc(C(F)(F)F)nc2)no1. The van der Waals surface area contributed by atoms with Gasteiger partial charge in [-0.1, -0.05) is 17.3 Å². The lowest BCUT2D eigenvalue weighted by atomic mass is 10.1. The Balaban J connectivity index is 1.77. The maximum Gasteiger partial charge on any atom is 0.433 e. The van der Waals surface area contributed by atoms with Crippen LogP contribution >= 0.6 is 0 Å². The number of nitrogens with two attached hydrogens (primary N) is 2. The molecule has 0 aliphatic carbocycles. The lowest BCUT2D eigenvalue weighted by Gasteiger charge is -2.23. The highest BCUT2D eigenvalue weighted by molar-refractivity contribution is 5.93. The molecule has 0 atom stereocenters. The molecule has 4 N–H and O–H groups in total. The molecule has 8 nitrogen and oxygen atoms in total. The minimum absolute atomic E-state index is 0.0268. The first kappa shape index (κ1) is 21.9. The molecular formula is C21H15F4N7O. The first-order valence-electron chi connectivity index (χ1n) is 9.33. The van der Waals surface area contributed by atoms with Crippen molar-refractivity contribution in [3.8, 4) is 11.4 Å². The normalized spacial score (nSPS) is 12.4. The predicted molar refractivity (Wildman–Crippen MR) is 111 cm³/mol. The molecule has 0 saturated carbocycles. The largest absolute Gasteiger partial charge is 0.433 e. The first-order chi connectivity index (χ1) is 15.8. The fourth-order valence-corrected chi connectivity index (χ4v) is 2.95. The van der Waals surface area contributed by atoms with Crippen molar-refractivity contribution < 1.29 is 22.1 Å². The van der Waals surface area contributed by atoms with Crippen molar-refractivity contribution in [2.45, 2.75) is 6.18 Å². The van der Waals surface area contributed by atoms with Crippen LogP contribution in [0.1, 0.15) is 17.1 Å². The first-order valence-corrected chi connectivity index (χ1v) is 9.33. The number of hydrogen-bond acceptors (Lipinski definition) is 8. The van der Waals surface area contributed by atoms with Gasteiger partial charge in [-0.25, -0.2) is 10.2 Å². The Labute approximate surface area is 184 Å². The van der Waals surface area contributed by atoms with E-state index in [2.05, 4.69) is 20.1 Å². The number of hydrazine groups is 1. The van der Waals surface area contributed by atoms with E-state index in [-0.39, 0.29) is 34.4 Å². The number of halogens is 4. The molecule has 3 heterocycles. The number of aromatic nitrogens is 4. The van der Waals surface area contributed by atoms with Crippen molar-refractivity contribution in [3.63, 3.8) is 0 Å². The van der Waals surface area contributed by atoms with E-state index in [1.807, 2.05) is 0 Å². The van der Waals surface area contributed by atoms with E-state index in [0.717, 1.165) is 23.3 Å². The number of pyridine rings is 2. The molecule has 33 heavy (non-hydrogen) atoms. The van der Waals surface area contributed by atoms with Crippen LogP contribution in [0.25, 0.3) is 22.8 Å². The summed E-state index contributed by atoms with van der Waals surface area (Å²) in [6.45, 7) is 0. The maximum absolute atomic E-state index is 14.4. The number of benzene rings is 1. The molecule has 0 spiro atoms. The standard InChI is InChI=1S/C21H15F4N7O/c22-14-3-1-2-4-15(14)32(27)18(12-7-9-28-10-8-12)17(26)20-30-19(31-33-20)13-5-6-16(29-11-13)21(23,24)25/h1-11H,26-27H2/b18-17-. The van der Waals surface area contributed by atoms with Crippen LogP contribution in [0.15, 0.2) is 71.6 Å². The minimum Gasteiger partial charge on any atom is -0.392 e. The summed E-state index contributed by atoms with van der Waals surface area (Å²) in [6.07, 6.45) is -0.629. The molecule has 0 fully saturated rings. The Morgan fingerprint density at radius 3 is 2.36 bits per heavy atom. The van der Waals surface area contributed by atoms with Crippen molar-refractivity contribution in [1.82, 2.24) is 20.1 Å². The smallest absolute Gasteiger partial charge is 0.392 e. The summed E-state index contributed by atoms with van der Waals surface area (Å²) in [4.78, 5) is 11.5. The number of alkyl halides is 3. The molecule has 1 aromatic carbocycles. The van der Waals surface area contributed by atoms with E-state index < -0.39 is 17.7 Å². The van der Waals surface area contributed by atoms with E-state index in [1.165, 1.54) is 30.6 Å². The molecule has 3 aromatic heterocycles. The fourth-order valence-electron chi connectivity index (χ4n) is 2.95. The van der Waals surface area contributed by atoms with Crippen LogP contribution in [0.4, 0.5) is 23.2 Å². The van der Waals surface area contributed by atoms with Gasteiger partial charge < -0.3 is 10.3 Å². The second-order valence-electron chi connectivity index (χ2n) is 6.67. The molecule has 0 amide bonds. The minimum atomic E-state index is -4.58. The zero-order valence-electron chi connectivity index (χ0n) is 16.7.